The number of amides is 1. The third kappa shape index (κ3) is 4.45. The number of aromatic nitrogens is 2. The fraction of sp³-hybridized carbons (Fsp3) is 0.286. The monoisotopic (exact) mass is 464 g/mol. The number of halogens is 3. The molecule has 31 heavy (non-hydrogen) atoms. The van der Waals surface area contributed by atoms with Gasteiger partial charge in [0, 0.05) is 37.4 Å². The molecule has 1 fully saturated rings. The normalized spacial score (nSPS) is 14.5. The average Bonchev–Trinajstić information content (AvgIpc) is 2.79. The molecular weight excluding hydrogens is 446 g/mol. The molecule has 0 atom stereocenters. The Morgan fingerprint density at radius 2 is 1.97 bits per heavy atom. The maximum absolute atomic E-state index is 14.5. The van der Waals surface area contributed by atoms with E-state index >= 15 is 0 Å². The van der Waals surface area contributed by atoms with Crippen molar-refractivity contribution in [2.24, 2.45) is 0 Å². The summed E-state index contributed by atoms with van der Waals surface area (Å²) in [7, 11) is 1.55. The predicted molar refractivity (Wildman–Crippen MR) is 117 cm³/mol. The Hall–Kier alpha value is -2.84. The minimum Gasteiger partial charge on any atom is -0.493 e. The highest BCUT2D eigenvalue weighted by molar-refractivity contribution is 6.42. The van der Waals surface area contributed by atoms with Crippen molar-refractivity contribution in [2.75, 3.05) is 25.5 Å². The van der Waals surface area contributed by atoms with Gasteiger partial charge in [-0.1, -0.05) is 23.2 Å². The quantitative estimate of drug-likeness (QED) is 0.415. The molecule has 4 rings (SSSR count). The molecule has 3 aromatic rings. The van der Waals surface area contributed by atoms with E-state index in [0.717, 1.165) is 6.41 Å². The van der Waals surface area contributed by atoms with Gasteiger partial charge in [0.2, 0.25) is 6.41 Å². The molecule has 7 nitrogen and oxygen atoms in total. The van der Waals surface area contributed by atoms with Crippen LogP contribution < -0.4 is 14.8 Å². The Morgan fingerprint density at radius 3 is 2.68 bits per heavy atom. The first kappa shape index (κ1) is 21.4. The largest absolute Gasteiger partial charge is 0.493 e. The predicted octanol–water partition coefficient (Wildman–Crippen LogP) is 4.83. The maximum Gasteiger partial charge on any atom is 0.209 e. The molecule has 0 unspecified atom stereocenters. The van der Waals surface area contributed by atoms with Crippen molar-refractivity contribution in [1.82, 2.24) is 14.9 Å². The number of hydrogen-bond donors (Lipinski definition) is 1. The summed E-state index contributed by atoms with van der Waals surface area (Å²) in [4.78, 5) is 21.2. The van der Waals surface area contributed by atoms with Gasteiger partial charge in [-0.2, -0.15) is 0 Å². The Morgan fingerprint density at radius 1 is 1.19 bits per heavy atom. The summed E-state index contributed by atoms with van der Waals surface area (Å²) in [6.45, 7) is 1.27. The van der Waals surface area contributed by atoms with Gasteiger partial charge in [0.05, 0.1) is 28.4 Å². The molecule has 1 aromatic heterocycles. The zero-order chi connectivity index (χ0) is 22.0. The van der Waals surface area contributed by atoms with Crippen molar-refractivity contribution in [1.29, 1.82) is 0 Å². The van der Waals surface area contributed by atoms with Crippen molar-refractivity contribution in [3.05, 3.63) is 46.5 Å². The number of nitrogens with one attached hydrogen (secondary N) is 1. The summed E-state index contributed by atoms with van der Waals surface area (Å²) >= 11 is 11.8. The summed E-state index contributed by atoms with van der Waals surface area (Å²) in [6, 6.07) is 6.49. The lowest BCUT2D eigenvalue weighted by molar-refractivity contribution is -0.119. The number of carbonyl (C=O) groups is 1. The van der Waals surface area contributed by atoms with Gasteiger partial charge in [0.25, 0.3) is 0 Å². The van der Waals surface area contributed by atoms with Crippen molar-refractivity contribution in [2.45, 2.75) is 18.9 Å². The van der Waals surface area contributed by atoms with Crippen molar-refractivity contribution < 1.29 is 18.7 Å². The first-order valence-corrected chi connectivity index (χ1v) is 10.3. The standard InChI is InChI=1S/C21H19Cl2FN4O3/c1-30-17-9-16-13(8-18(17)31-12-4-6-28(11-29)7-5-12)21(26-10-25-16)27-15-3-2-14(22)19(23)20(15)24/h2-3,8-12H,4-7H2,1H3,(H,25,26,27). The summed E-state index contributed by atoms with van der Waals surface area (Å²) in [6.07, 6.45) is 3.59. The van der Waals surface area contributed by atoms with Crippen LogP contribution in [0.2, 0.25) is 10.0 Å². The molecule has 2 aromatic carbocycles. The molecule has 0 bridgehead atoms. The molecule has 1 N–H and O–H groups in total. The smallest absolute Gasteiger partial charge is 0.209 e. The number of benzene rings is 2. The molecule has 10 heteroatoms. The number of likely N-dealkylation sites (tertiary alicyclic amines) is 1. The lowest BCUT2D eigenvalue weighted by Crippen LogP contribution is -2.37. The summed E-state index contributed by atoms with van der Waals surface area (Å²) in [5.41, 5.74) is 0.729. The summed E-state index contributed by atoms with van der Waals surface area (Å²) < 4.78 is 26.2. The van der Waals surface area contributed by atoms with Gasteiger partial charge in [-0.3, -0.25) is 4.79 Å². The number of methoxy groups -OCH3 is 1. The van der Waals surface area contributed by atoms with Crippen LogP contribution in [0.1, 0.15) is 12.8 Å². The minimum atomic E-state index is -0.673. The van der Waals surface area contributed by atoms with Gasteiger partial charge in [-0.25, -0.2) is 14.4 Å². The fourth-order valence-corrected chi connectivity index (χ4v) is 3.75. The van der Waals surface area contributed by atoms with Crippen molar-refractivity contribution in [3.63, 3.8) is 0 Å². The van der Waals surface area contributed by atoms with E-state index in [9.17, 15) is 9.18 Å². The SMILES string of the molecule is COc1cc2ncnc(Nc3ccc(Cl)c(Cl)c3F)c2cc1OC1CCN(C=O)CC1. The number of piperidine rings is 1. The molecule has 1 aliphatic heterocycles. The third-order valence-electron chi connectivity index (χ3n) is 5.13. The number of fused-ring (bicyclic) bond motifs is 1. The molecule has 0 aliphatic carbocycles. The highest BCUT2D eigenvalue weighted by Crippen LogP contribution is 2.37. The van der Waals surface area contributed by atoms with Crippen LogP contribution in [0.25, 0.3) is 10.9 Å². The van der Waals surface area contributed by atoms with Crippen LogP contribution >= 0.6 is 23.2 Å². The van der Waals surface area contributed by atoms with Crippen LogP contribution in [0.15, 0.2) is 30.6 Å². The maximum atomic E-state index is 14.5. The summed E-state index contributed by atoms with van der Waals surface area (Å²) in [5, 5.41) is 3.53. The highest BCUT2D eigenvalue weighted by Gasteiger charge is 2.22. The Balaban J connectivity index is 1.67. The van der Waals surface area contributed by atoms with Gasteiger partial charge in [0.1, 0.15) is 18.2 Å². The van der Waals surface area contributed by atoms with Gasteiger partial charge in [0.15, 0.2) is 17.3 Å². The first-order chi connectivity index (χ1) is 15.0. The van der Waals surface area contributed by atoms with Gasteiger partial charge in [-0.05, 0) is 18.2 Å². The van der Waals surface area contributed by atoms with E-state index in [-0.39, 0.29) is 21.8 Å². The molecule has 1 saturated heterocycles. The molecule has 0 radical (unpaired) electrons. The van der Waals surface area contributed by atoms with E-state index in [0.29, 0.717) is 54.2 Å². The number of hydrogen-bond acceptors (Lipinski definition) is 6. The number of anilines is 2. The van der Waals surface area contributed by atoms with Crippen LogP contribution in [0.5, 0.6) is 11.5 Å². The number of carbonyl (C=O) groups excluding carboxylic acids is 1. The molecule has 0 saturated carbocycles. The van der Waals surface area contributed by atoms with Crippen LogP contribution in [-0.2, 0) is 4.79 Å². The molecule has 1 aliphatic rings. The number of rotatable bonds is 6. The van der Waals surface area contributed by atoms with Crippen LogP contribution in [0.3, 0.4) is 0 Å². The fourth-order valence-electron chi connectivity index (χ4n) is 3.44. The molecule has 0 spiro atoms. The molecule has 2 heterocycles. The number of ether oxygens (including phenoxy) is 2. The lowest BCUT2D eigenvalue weighted by atomic mass is 10.1. The van der Waals surface area contributed by atoms with Crippen molar-refractivity contribution in [3.8, 4) is 11.5 Å². The topological polar surface area (TPSA) is 76.6 Å². The van der Waals surface area contributed by atoms with Gasteiger partial charge < -0.3 is 19.7 Å². The average molecular weight is 465 g/mol. The van der Waals surface area contributed by atoms with Crippen LogP contribution in [0, 0.1) is 5.82 Å². The van der Waals surface area contributed by atoms with E-state index in [1.165, 1.54) is 18.5 Å². The van der Waals surface area contributed by atoms with Crippen LogP contribution in [-0.4, -0.2) is 47.6 Å². The van der Waals surface area contributed by atoms with E-state index in [1.54, 1.807) is 24.1 Å². The molecule has 1 amide bonds. The van der Waals surface area contributed by atoms with Gasteiger partial charge >= 0.3 is 0 Å². The lowest BCUT2D eigenvalue weighted by Gasteiger charge is -2.30. The van der Waals surface area contributed by atoms with E-state index in [1.807, 2.05) is 0 Å². The third-order valence-corrected chi connectivity index (χ3v) is 5.91. The number of nitrogens with zero attached hydrogens (tertiary/aromatic N) is 3. The van der Waals surface area contributed by atoms with Gasteiger partial charge in [-0.15, -0.1) is 0 Å². The van der Waals surface area contributed by atoms with E-state index in [2.05, 4.69) is 15.3 Å². The second kappa shape index (κ2) is 9.11. The van der Waals surface area contributed by atoms with E-state index < -0.39 is 5.82 Å². The Kier molecular flexibility index (Phi) is 6.29. The summed E-state index contributed by atoms with van der Waals surface area (Å²) in [5.74, 6) is 0.751. The second-order valence-corrected chi connectivity index (χ2v) is 7.83. The molecule has 162 valence electrons. The zero-order valence-corrected chi connectivity index (χ0v) is 18.1. The Labute approximate surface area is 188 Å². The first-order valence-electron chi connectivity index (χ1n) is 9.59. The second-order valence-electron chi connectivity index (χ2n) is 7.05. The zero-order valence-electron chi connectivity index (χ0n) is 16.6. The molecular formula is C21H19Cl2FN4O3. The van der Waals surface area contributed by atoms with Crippen molar-refractivity contribution >= 4 is 52.0 Å². The van der Waals surface area contributed by atoms with Crippen LogP contribution in [0.4, 0.5) is 15.9 Å². The van der Waals surface area contributed by atoms with E-state index in [4.69, 9.17) is 32.7 Å². The highest BCUT2D eigenvalue weighted by atomic mass is 35.5. The minimum absolute atomic E-state index is 0.0592. The Bertz CT molecular complexity index is 1120.